The molecule has 3 rings (SSSR count). The van der Waals surface area contributed by atoms with Crippen molar-refractivity contribution in [3.8, 4) is 11.5 Å². The van der Waals surface area contributed by atoms with E-state index >= 15 is 0 Å². The lowest BCUT2D eigenvalue weighted by Crippen LogP contribution is -2.43. The Kier molecular flexibility index (Phi) is 9.05. The van der Waals surface area contributed by atoms with Gasteiger partial charge < -0.3 is 19.5 Å². The maximum absolute atomic E-state index is 12.8. The van der Waals surface area contributed by atoms with Gasteiger partial charge >= 0.3 is 0 Å². The molecule has 1 unspecified atom stereocenters. The molecule has 34 heavy (non-hydrogen) atoms. The van der Waals surface area contributed by atoms with E-state index in [1.165, 1.54) is 30.3 Å². The number of morpholine rings is 1. The maximum Gasteiger partial charge on any atom is 0.251 e. The fraction of sp³-hybridized carbons (Fsp3) is 0.375. The van der Waals surface area contributed by atoms with Crippen LogP contribution >= 0.6 is 0 Å². The SMILES string of the molecule is C=CCNS(=O)(=O)c1ccc(C(=O)NCC(c2ccc(OC)c(OC)c2)N2CCOCC2)cc1. The largest absolute Gasteiger partial charge is 0.493 e. The van der Waals surface area contributed by atoms with E-state index in [2.05, 4.69) is 21.5 Å². The number of ether oxygens (including phenoxy) is 3. The molecule has 2 aromatic carbocycles. The Morgan fingerprint density at radius 2 is 1.79 bits per heavy atom. The molecule has 0 aliphatic carbocycles. The summed E-state index contributed by atoms with van der Waals surface area (Å²) < 4.78 is 43.1. The summed E-state index contributed by atoms with van der Waals surface area (Å²) in [6, 6.07) is 11.4. The Balaban J connectivity index is 1.75. The molecule has 1 heterocycles. The van der Waals surface area contributed by atoms with Crippen molar-refractivity contribution in [1.82, 2.24) is 14.9 Å². The van der Waals surface area contributed by atoms with Crippen molar-refractivity contribution in [3.63, 3.8) is 0 Å². The normalized spacial score (nSPS) is 15.4. The predicted octanol–water partition coefficient (Wildman–Crippen LogP) is 1.97. The van der Waals surface area contributed by atoms with Gasteiger partial charge in [0.1, 0.15) is 0 Å². The zero-order valence-corrected chi connectivity index (χ0v) is 20.3. The highest BCUT2D eigenvalue weighted by atomic mass is 32.2. The molecule has 2 aromatic rings. The van der Waals surface area contributed by atoms with Crippen LogP contribution in [0.4, 0.5) is 0 Å². The van der Waals surface area contributed by atoms with Crippen LogP contribution in [0.2, 0.25) is 0 Å². The number of benzene rings is 2. The summed E-state index contributed by atoms with van der Waals surface area (Å²) in [6.45, 7) is 6.69. The minimum atomic E-state index is -3.65. The van der Waals surface area contributed by atoms with Crippen molar-refractivity contribution in [2.75, 3.05) is 53.6 Å². The topological polar surface area (TPSA) is 106 Å². The molecule has 2 N–H and O–H groups in total. The molecular weight excluding hydrogens is 458 g/mol. The molecule has 1 atom stereocenters. The first-order chi connectivity index (χ1) is 16.4. The van der Waals surface area contributed by atoms with E-state index in [1.807, 2.05) is 18.2 Å². The van der Waals surface area contributed by atoms with Gasteiger partial charge in [0.2, 0.25) is 10.0 Å². The van der Waals surface area contributed by atoms with Crippen LogP contribution in [0.25, 0.3) is 0 Å². The van der Waals surface area contributed by atoms with Crippen molar-refractivity contribution in [2.45, 2.75) is 10.9 Å². The fourth-order valence-corrected chi connectivity index (χ4v) is 4.73. The summed E-state index contributed by atoms with van der Waals surface area (Å²) in [4.78, 5) is 15.2. The lowest BCUT2D eigenvalue weighted by atomic mass is 10.0. The van der Waals surface area contributed by atoms with Crippen LogP contribution in [-0.4, -0.2) is 72.8 Å². The second-order valence-electron chi connectivity index (χ2n) is 7.65. The Hall–Kier alpha value is -2.92. The minimum absolute atomic E-state index is 0.0856. The van der Waals surface area contributed by atoms with Crippen molar-refractivity contribution in [3.05, 3.63) is 66.2 Å². The van der Waals surface area contributed by atoms with Crippen molar-refractivity contribution in [1.29, 1.82) is 0 Å². The van der Waals surface area contributed by atoms with E-state index < -0.39 is 10.0 Å². The van der Waals surface area contributed by atoms with E-state index in [9.17, 15) is 13.2 Å². The summed E-state index contributed by atoms with van der Waals surface area (Å²) in [5.74, 6) is 0.960. The van der Waals surface area contributed by atoms with Gasteiger partial charge in [0.15, 0.2) is 11.5 Å². The summed E-state index contributed by atoms with van der Waals surface area (Å²) in [5.41, 5.74) is 1.35. The molecule has 0 bridgehead atoms. The van der Waals surface area contributed by atoms with Crippen molar-refractivity contribution >= 4 is 15.9 Å². The first-order valence-electron chi connectivity index (χ1n) is 10.9. The van der Waals surface area contributed by atoms with Gasteiger partial charge in [-0.05, 0) is 42.0 Å². The molecule has 1 fully saturated rings. The molecule has 10 heteroatoms. The predicted molar refractivity (Wildman–Crippen MR) is 129 cm³/mol. The molecule has 1 saturated heterocycles. The average Bonchev–Trinajstić information content (AvgIpc) is 2.88. The number of sulfonamides is 1. The summed E-state index contributed by atoms with van der Waals surface area (Å²) in [7, 11) is -0.473. The summed E-state index contributed by atoms with van der Waals surface area (Å²) >= 11 is 0. The second-order valence-corrected chi connectivity index (χ2v) is 9.42. The quantitative estimate of drug-likeness (QED) is 0.465. The molecule has 1 aliphatic rings. The Morgan fingerprint density at radius 1 is 1.12 bits per heavy atom. The highest BCUT2D eigenvalue weighted by molar-refractivity contribution is 7.89. The van der Waals surface area contributed by atoms with E-state index in [0.717, 1.165) is 18.7 Å². The number of nitrogens with zero attached hydrogens (tertiary/aromatic N) is 1. The lowest BCUT2D eigenvalue weighted by molar-refractivity contribution is 0.0162. The van der Waals surface area contributed by atoms with Gasteiger partial charge in [-0.2, -0.15) is 0 Å². The number of carbonyl (C=O) groups excluding carboxylic acids is 1. The van der Waals surface area contributed by atoms with Gasteiger partial charge in [0.25, 0.3) is 5.91 Å². The number of hydrogen-bond donors (Lipinski definition) is 2. The van der Waals surface area contributed by atoms with Gasteiger partial charge in [0.05, 0.1) is 38.4 Å². The molecule has 1 aliphatic heterocycles. The molecule has 9 nitrogen and oxygen atoms in total. The minimum Gasteiger partial charge on any atom is -0.493 e. The molecular formula is C24H31N3O6S. The monoisotopic (exact) mass is 489 g/mol. The lowest BCUT2D eigenvalue weighted by Gasteiger charge is -2.35. The van der Waals surface area contributed by atoms with Crippen LogP contribution in [0, 0.1) is 0 Å². The highest BCUT2D eigenvalue weighted by Gasteiger charge is 2.25. The van der Waals surface area contributed by atoms with Crippen LogP contribution in [0.3, 0.4) is 0 Å². The van der Waals surface area contributed by atoms with Crippen molar-refractivity contribution < 1.29 is 27.4 Å². The highest BCUT2D eigenvalue weighted by Crippen LogP contribution is 2.32. The van der Waals surface area contributed by atoms with E-state index in [-0.39, 0.29) is 23.4 Å². The Bertz CT molecular complexity index is 1080. The number of hydrogen-bond acceptors (Lipinski definition) is 7. The van der Waals surface area contributed by atoms with Crippen LogP contribution in [-0.2, 0) is 14.8 Å². The smallest absolute Gasteiger partial charge is 0.251 e. The zero-order chi connectivity index (χ0) is 24.6. The zero-order valence-electron chi connectivity index (χ0n) is 19.5. The van der Waals surface area contributed by atoms with E-state index in [4.69, 9.17) is 14.2 Å². The molecule has 184 valence electrons. The van der Waals surface area contributed by atoms with E-state index in [0.29, 0.717) is 36.8 Å². The number of rotatable bonds is 11. The Morgan fingerprint density at radius 3 is 2.41 bits per heavy atom. The van der Waals surface area contributed by atoms with Gasteiger partial charge in [-0.15, -0.1) is 6.58 Å². The average molecular weight is 490 g/mol. The molecule has 0 spiro atoms. The molecule has 0 aromatic heterocycles. The van der Waals surface area contributed by atoms with Gasteiger partial charge in [0, 0.05) is 31.7 Å². The standard InChI is InChI=1S/C24H31N3O6S/c1-4-11-26-34(29,30)20-8-5-18(6-9-20)24(28)25-17-21(27-12-14-33-15-13-27)19-7-10-22(31-2)23(16-19)32-3/h4-10,16,21,26H,1,11-15,17H2,2-3H3,(H,25,28). The van der Waals surface area contributed by atoms with Crippen molar-refractivity contribution in [2.24, 2.45) is 0 Å². The van der Waals surface area contributed by atoms with Gasteiger partial charge in [-0.1, -0.05) is 12.1 Å². The summed E-state index contributed by atoms with van der Waals surface area (Å²) in [5, 5.41) is 2.98. The third-order valence-corrected chi connectivity index (χ3v) is 7.02. The number of nitrogens with one attached hydrogen (secondary N) is 2. The molecule has 1 amide bonds. The molecule has 0 radical (unpaired) electrons. The third-order valence-electron chi connectivity index (χ3n) is 5.58. The number of methoxy groups -OCH3 is 2. The van der Waals surface area contributed by atoms with Gasteiger partial charge in [-0.3, -0.25) is 9.69 Å². The van der Waals surface area contributed by atoms with Crippen LogP contribution in [0.5, 0.6) is 11.5 Å². The molecule has 0 saturated carbocycles. The van der Waals surface area contributed by atoms with Crippen LogP contribution in [0.1, 0.15) is 22.0 Å². The van der Waals surface area contributed by atoms with Crippen LogP contribution < -0.4 is 19.5 Å². The summed E-state index contributed by atoms with van der Waals surface area (Å²) in [6.07, 6.45) is 1.46. The van der Waals surface area contributed by atoms with Gasteiger partial charge in [-0.25, -0.2) is 13.1 Å². The first-order valence-corrected chi connectivity index (χ1v) is 12.4. The third kappa shape index (κ3) is 6.35. The van der Waals surface area contributed by atoms with Crippen LogP contribution in [0.15, 0.2) is 60.0 Å². The maximum atomic E-state index is 12.8. The second kappa shape index (κ2) is 12.0. The Labute approximate surface area is 200 Å². The number of amides is 1. The van der Waals surface area contributed by atoms with E-state index in [1.54, 1.807) is 14.2 Å². The fourth-order valence-electron chi connectivity index (χ4n) is 3.74. The number of carbonyl (C=O) groups is 1. The first kappa shape index (κ1) is 25.7.